The number of alkyl halides is 1. The van der Waals surface area contributed by atoms with Crippen LogP contribution >= 0.6 is 0 Å². The van der Waals surface area contributed by atoms with Crippen molar-refractivity contribution in [3.05, 3.63) is 42.1 Å². The normalized spacial score (nSPS) is 17.2. The molecule has 4 aromatic rings. The predicted octanol–water partition coefficient (Wildman–Crippen LogP) is 3.73. The Morgan fingerprint density at radius 2 is 2.06 bits per heavy atom. The molecule has 11 nitrogen and oxygen atoms in total. The minimum atomic E-state index is -1.19. The number of nitrogens with zero attached hydrogens (tertiary/aromatic N) is 6. The zero-order valence-corrected chi connectivity index (χ0v) is 19.3. The van der Waals surface area contributed by atoms with Crippen LogP contribution in [0.5, 0.6) is 0 Å². The number of rotatable bonds is 6. The summed E-state index contributed by atoms with van der Waals surface area (Å²) in [6.45, 7) is 2.58. The van der Waals surface area contributed by atoms with Crippen molar-refractivity contribution >= 4 is 34.5 Å². The molecule has 1 aliphatic carbocycles. The molecule has 0 atom stereocenters. The van der Waals surface area contributed by atoms with Crippen molar-refractivity contribution in [1.29, 1.82) is 0 Å². The number of aromatic nitrogens is 5. The maximum atomic E-state index is 15.0. The molecule has 1 saturated heterocycles. The average molecular weight is 495 g/mol. The van der Waals surface area contributed by atoms with Gasteiger partial charge in [-0.3, -0.25) is 10.2 Å². The van der Waals surface area contributed by atoms with Gasteiger partial charge in [0.05, 0.1) is 22.8 Å². The van der Waals surface area contributed by atoms with Crippen LogP contribution in [0.4, 0.5) is 31.0 Å². The average Bonchev–Trinajstić information content (AvgIpc) is 3.43. The topological polar surface area (TPSA) is 140 Å². The molecule has 1 aliphatic heterocycles. The lowest BCUT2D eigenvalue weighted by molar-refractivity contribution is -0.0236. The Labute approximate surface area is 203 Å². The lowest BCUT2D eigenvalue weighted by atomic mass is 9.99. The van der Waals surface area contributed by atoms with Crippen molar-refractivity contribution < 1.29 is 18.1 Å². The van der Waals surface area contributed by atoms with Crippen molar-refractivity contribution in [2.45, 2.75) is 38.0 Å². The van der Waals surface area contributed by atoms with Crippen LogP contribution in [0, 0.1) is 5.82 Å². The second kappa shape index (κ2) is 8.22. The lowest BCUT2D eigenvalue weighted by Crippen LogP contribution is -2.56. The standard InChI is InChI=1S/C23H23F2N9O2/c1-23(25)9-33(10-23)8-13-7-17(36-32-13)30-22(35)29-16-5-2-12(6-15(16)24)19-18-20(26)27-11-28-21(18)34(31-19)14-3-4-14/h2,5-7,11,14H,3-4,8-10H2,1H3,(H2,26,27,28)(H2,29,30,35). The number of nitrogen functional groups attached to an aromatic ring is 1. The van der Waals surface area contributed by atoms with Gasteiger partial charge in [0.2, 0.25) is 5.88 Å². The number of nitrogens with one attached hydrogen (secondary N) is 2. The van der Waals surface area contributed by atoms with Gasteiger partial charge in [0, 0.05) is 31.3 Å². The number of amides is 2. The number of nitrogens with two attached hydrogens (primary N) is 1. The molecular weight excluding hydrogens is 472 g/mol. The lowest BCUT2D eigenvalue weighted by Gasteiger charge is -2.41. The third-order valence-electron chi connectivity index (χ3n) is 6.19. The largest absolute Gasteiger partial charge is 0.383 e. The number of carbonyl (C=O) groups is 1. The van der Waals surface area contributed by atoms with Crippen molar-refractivity contribution in [1.82, 2.24) is 29.8 Å². The van der Waals surface area contributed by atoms with E-state index in [4.69, 9.17) is 10.3 Å². The summed E-state index contributed by atoms with van der Waals surface area (Å²) >= 11 is 0. The summed E-state index contributed by atoms with van der Waals surface area (Å²) in [4.78, 5) is 22.6. The minimum Gasteiger partial charge on any atom is -0.383 e. The molecule has 0 radical (unpaired) electrons. The molecule has 0 unspecified atom stereocenters. The molecule has 186 valence electrons. The van der Waals surface area contributed by atoms with Crippen molar-refractivity contribution in [2.24, 2.45) is 0 Å². The Hall–Kier alpha value is -4.13. The molecular formula is C23H23F2N9O2. The number of benzene rings is 1. The molecule has 0 bridgehead atoms. The maximum absolute atomic E-state index is 15.0. The summed E-state index contributed by atoms with van der Waals surface area (Å²) in [5, 5.41) is 14.0. The molecule has 2 aliphatic rings. The van der Waals surface area contributed by atoms with Crippen LogP contribution in [0.1, 0.15) is 31.5 Å². The summed E-state index contributed by atoms with van der Waals surface area (Å²) in [6.07, 6.45) is 3.37. The highest BCUT2D eigenvalue weighted by molar-refractivity contribution is 6.00. The highest BCUT2D eigenvalue weighted by atomic mass is 19.1. The van der Waals surface area contributed by atoms with Gasteiger partial charge >= 0.3 is 6.03 Å². The fraction of sp³-hybridized carbons (Fsp3) is 0.348. The number of fused-ring (bicyclic) bond motifs is 1. The Balaban J connectivity index is 1.15. The van der Waals surface area contributed by atoms with E-state index in [0.717, 1.165) is 12.8 Å². The van der Waals surface area contributed by atoms with Gasteiger partial charge in [-0.05, 0) is 31.9 Å². The molecule has 3 aromatic heterocycles. The first-order valence-electron chi connectivity index (χ1n) is 11.5. The molecule has 6 rings (SSSR count). The van der Waals surface area contributed by atoms with Crippen LogP contribution in [0.15, 0.2) is 35.1 Å². The number of halogens is 2. The molecule has 2 fully saturated rings. The Morgan fingerprint density at radius 3 is 2.78 bits per heavy atom. The monoisotopic (exact) mass is 495 g/mol. The summed E-state index contributed by atoms with van der Waals surface area (Å²) in [5.74, 6) is -0.295. The van der Waals surface area contributed by atoms with E-state index in [1.807, 2.05) is 9.58 Å². The maximum Gasteiger partial charge on any atom is 0.326 e. The smallest absolute Gasteiger partial charge is 0.326 e. The van der Waals surface area contributed by atoms with Gasteiger partial charge in [-0.15, -0.1) is 0 Å². The minimum absolute atomic E-state index is 0.0334. The second-order valence-electron chi connectivity index (χ2n) is 9.50. The summed E-state index contributed by atoms with van der Waals surface area (Å²) in [6, 6.07) is 5.44. The Kier molecular flexibility index (Phi) is 5.10. The number of urea groups is 1. The van der Waals surface area contributed by atoms with Gasteiger partial charge in [-0.25, -0.2) is 28.2 Å². The van der Waals surface area contributed by atoms with Crippen LogP contribution in [-0.2, 0) is 6.54 Å². The van der Waals surface area contributed by atoms with Crippen LogP contribution < -0.4 is 16.4 Å². The number of carbonyl (C=O) groups excluding carboxylic acids is 1. The Bertz CT molecular complexity index is 1470. The Morgan fingerprint density at radius 1 is 1.25 bits per heavy atom. The summed E-state index contributed by atoms with van der Waals surface area (Å²) < 4.78 is 35.5. The first-order chi connectivity index (χ1) is 17.3. The van der Waals surface area contributed by atoms with Crippen molar-refractivity contribution in [3.8, 4) is 11.3 Å². The fourth-order valence-electron chi connectivity index (χ4n) is 4.47. The fourth-order valence-corrected chi connectivity index (χ4v) is 4.47. The van der Waals surface area contributed by atoms with Gasteiger partial charge in [-0.2, -0.15) is 5.10 Å². The summed E-state index contributed by atoms with van der Waals surface area (Å²) in [5.41, 5.74) is 7.00. The molecule has 0 spiro atoms. The first-order valence-corrected chi connectivity index (χ1v) is 11.5. The van der Waals surface area contributed by atoms with Crippen LogP contribution in [0.25, 0.3) is 22.3 Å². The van der Waals surface area contributed by atoms with Gasteiger partial charge in [0.15, 0.2) is 5.65 Å². The van der Waals surface area contributed by atoms with E-state index >= 15 is 0 Å². The quantitative estimate of drug-likeness (QED) is 0.368. The van der Waals surface area contributed by atoms with Gasteiger partial charge in [0.1, 0.15) is 29.3 Å². The van der Waals surface area contributed by atoms with E-state index in [1.54, 1.807) is 19.1 Å². The third kappa shape index (κ3) is 4.21. The molecule has 36 heavy (non-hydrogen) atoms. The van der Waals surface area contributed by atoms with Crippen molar-refractivity contribution in [3.63, 3.8) is 0 Å². The first kappa shape index (κ1) is 22.3. The van der Waals surface area contributed by atoms with Crippen LogP contribution in [0.3, 0.4) is 0 Å². The highest BCUT2D eigenvalue weighted by Crippen LogP contribution is 2.40. The van der Waals surface area contributed by atoms with E-state index in [-0.39, 0.29) is 23.4 Å². The van der Waals surface area contributed by atoms with E-state index in [0.29, 0.717) is 47.6 Å². The molecule has 4 N–H and O–H groups in total. The SMILES string of the molecule is CC1(F)CN(Cc2cc(NC(=O)Nc3ccc(-c4nn(C5CC5)c5ncnc(N)c45)cc3F)on2)C1. The second-order valence-corrected chi connectivity index (χ2v) is 9.50. The molecule has 1 aromatic carbocycles. The zero-order chi connectivity index (χ0) is 25.0. The van der Waals surface area contributed by atoms with E-state index in [9.17, 15) is 13.6 Å². The number of likely N-dealkylation sites (tertiary alicyclic amines) is 1. The van der Waals surface area contributed by atoms with Gasteiger partial charge < -0.3 is 15.6 Å². The van der Waals surface area contributed by atoms with E-state index in [1.165, 1.54) is 18.5 Å². The van der Waals surface area contributed by atoms with E-state index in [2.05, 4.69) is 30.9 Å². The van der Waals surface area contributed by atoms with Crippen LogP contribution in [-0.4, -0.2) is 54.6 Å². The van der Waals surface area contributed by atoms with Crippen LogP contribution in [0.2, 0.25) is 0 Å². The van der Waals surface area contributed by atoms with Crippen molar-refractivity contribution in [2.75, 3.05) is 29.5 Å². The molecule has 13 heteroatoms. The number of hydrogen-bond acceptors (Lipinski definition) is 8. The number of hydrogen-bond donors (Lipinski definition) is 3. The number of anilines is 3. The van der Waals surface area contributed by atoms with Gasteiger partial charge in [-0.1, -0.05) is 11.2 Å². The van der Waals surface area contributed by atoms with Gasteiger partial charge in [0.25, 0.3) is 0 Å². The third-order valence-corrected chi connectivity index (χ3v) is 6.19. The van der Waals surface area contributed by atoms with E-state index < -0.39 is 17.5 Å². The molecule has 2 amide bonds. The summed E-state index contributed by atoms with van der Waals surface area (Å²) in [7, 11) is 0. The molecule has 4 heterocycles. The molecule has 1 saturated carbocycles. The highest BCUT2D eigenvalue weighted by Gasteiger charge is 2.38. The zero-order valence-electron chi connectivity index (χ0n) is 19.3. The predicted molar refractivity (Wildman–Crippen MR) is 127 cm³/mol.